The number of benzene rings is 2. The van der Waals surface area contributed by atoms with Gasteiger partial charge in [-0.15, -0.1) is 0 Å². The average molecular weight is 351 g/mol. The summed E-state index contributed by atoms with van der Waals surface area (Å²) >= 11 is 0. The van der Waals surface area contributed by atoms with Gasteiger partial charge in [-0.25, -0.2) is 35.1 Å². The van der Waals surface area contributed by atoms with Crippen molar-refractivity contribution in [3.8, 4) is 0 Å². The Morgan fingerprint density at radius 2 is 0.957 bits per heavy atom. The maximum atomic E-state index is 12.4. The molecule has 0 aliphatic rings. The van der Waals surface area contributed by atoms with E-state index in [1.165, 1.54) is 0 Å². The highest BCUT2D eigenvalue weighted by atomic mass is 19.4. The standard InChI is InChI=1S/C6H2F5N.C6HF5/c7-3-1-2-4(12(10)11)6(9)5(3)8;7-2-1-3(8)5(10)6(11)4(2)9/h1-2H;1H. The third kappa shape index (κ3) is 4.05. The van der Waals surface area contributed by atoms with E-state index in [1.807, 2.05) is 0 Å². The Bertz CT molecular complexity index is 689. The lowest BCUT2D eigenvalue weighted by molar-refractivity contribution is 0.229. The molecule has 0 atom stereocenters. The summed E-state index contributed by atoms with van der Waals surface area (Å²) in [7, 11) is 0. The van der Waals surface area contributed by atoms with Crippen molar-refractivity contribution in [1.29, 1.82) is 0 Å². The maximum absolute atomic E-state index is 12.4. The number of halogens is 10. The summed E-state index contributed by atoms with van der Waals surface area (Å²) in [6.07, 6.45) is 0. The highest BCUT2D eigenvalue weighted by Gasteiger charge is 2.18. The molecule has 126 valence electrons. The molecule has 1 nitrogen and oxygen atoms in total. The molecule has 0 saturated carbocycles. The van der Waals surface area contributed by atoms with Crippen molar-refractivity contribution in [2.75, 3.05) is 5.34 Å². The van der Waals surface area contributed by atoms with Crippen LogP contribution in [0.25, 0.3) is 0 Å². The predicted octanol–water partition coefficient (Wildman–Crippen LogP) is 5.06. The van der Waals surface area contributed by atoms with Crippen LogP contribution in [0.1, 0.15) is 0 Å². The minimum atomic E-state index is -2.14. The van der Waals surface area contributed by atoms with Crippen LogP contribution >= 0.6 is 0 Å². The number of hydrogen-bond donors (Lipinski definition) is 0. The second-order valence-corrected chi connectivity index (χ2v) is 3.71. The Balaban J connectivity index is 0.000000231. The Morgan fingerprint density at radius 3 is 1.39 bits per heavy atom. The number of hydrogen-bond acceptors (Lipinski definition) is 1. The molecule has 0 saturated heterocycles. The minimum Gasteiger partial charge on any atom is -0.204 e. The van der Waals surface area contributed by atoms with Crippen molar-refractivity contribution in [2.45, 2.75) is 0 Å². The lowest BCUT2D eigenvalue weighted by atomic mass is 10.3. The lowest BCUT2D eigenvalue weighted by Crippen LogP contribution is -2.02. The highest BCUT2D eigenvalue weighted by Crippen LogP contribution is 2.23. The largest absolute Gasteiger partial charge is 0.204 e. The van der Waals surface area contributed by atoms with Gasteiger partial charge in [-0.3, -0.25) is 0 Å². The molecule has 0 fully saturated rings. The highest BCUT2D eigenvalue weighted by molar-refractivity contribution is 5.43. The van der Waals surface area contributed by atoms with E-state index in [-0.39, 0.29) is 6.07 Å². The van der Waals surface area contributed by atoms with Crippen molar-refractivity contribution in [3.05, 3.63) is 64.7 Å². The molecular weight excluding hydrogens is 348 g/mol. The first-order valence-electron chi connectivity index (χ1n) is 5.31. The molecule has 2 aromatic carbocycles. The van der Waals surface area contributed by atoms with E-state index >= 15 is 0 Å². The van der Waals surface area contributed by atoms with E-state index < -0.39 is 57.6 Å². The molecular formula is C12H3F10N. The summed E-state index contributed by atoms with van der Waals surface area (Å²) in [5.74, 6) is -15.0. The van der Waals surface area contributed by atoms with Crippen LogP contribution < -0.4 is 5.34 Å². The first kappa shape index (κ1) is 18.6. The summed E-state index contributed by atoms with van der Waals surface area (Å²) in [5.41, 5.74) is -1.30. The molecule has 2 rings (SSSR count). The molecule has 0 N–H and O–H groups in total. The summed E-state index contributed by atoms with van der Waals surface area (Å²) in [5, 5.41) is -1.63. The first-order chi connectivity index (χ1) is 10.6. The van der Waals surface area contributed by atoms with E-state index in [1.54, 1.807) is 0 Å². The van der Waals surface area contributed by atoms with Crippen LogP contribution in [0.3, 0.4) is 0 Å². The fourth-order valence-electron chi connectivity index (χ4n) is 1.19. The van der Waals surface area contributed by atoms with Gasteiger partial charge in [0.05, 0.1) is 0 Å². The van der Waals surface area contributed by atoms with Gasteiger partial charge in [0.1, 0.15) is 5.69 Å². The summed E-state index contributed by atoms with van der Waals surface area (Å²) in [4.78, 5) is 0. The summed E-state index contributed by atoms with van der Waals surface area (Å²) < 4.78 is 120. The van der Waals surface area contributed by atoms with Crippen LogP contribution in [0, 0.1) is 46.5 Å². The third-order valence-electron chi connectivity index (χ3n) is 2.26. The third-order valence-corrected chi connectivity index (χ3v) is 2.26. The van der Waals surface area contributed by atoms with E-state index in [0.717, 1.165) is 0 Å². The van der Waals surface area contributed by atoms with Crippen molar-refractivity contribution in [1.82, 2.24) is 0 Å². The molecule has 23 heavy (non-hydrogen) atoms. The fraction of sp³-hybridized carbons (Fsp3) is 0. The van der Waals surface area contributed by atoms with Gasteiger partial charge in [0.15, 0.2) is 40.7 Å². The van der Waals surface area contributed by atoms with E-state index in [2.05, 4.69) is 0 Å². The maximum Gasteiger partial charge on any atom is 0.200 e. The topological polar surface area (TPSA) is 3.24 Å². The lowest BCUT2D eigenvalue weighted by Gasteiger charge is -2.03. The molecule has 0 unspecified atom stereocenters. The van der Waals surface area contributed by atoms with Crippen LogP contribution in [0.15, 0.2) is 18.2 Å². The molecule has 11 heteroatoms. The summed E-state index contributed by atoms with van der Waals surface area (Å²) in [6.45, 7) is 0. The van der Waals surface area contributed by atoms with E-state index in [4.69, 9.17) is 0 Å². The molecule has 0 bridgehead atoms. The van der Waals surface area contributed by atoms with Gasteiger partial charge < -0.3 is 0 Å². The van der Waals surface area contributed by atoms with Crippen LogP contribution in [-0.2, 0) is 0 Å². The molecule has 0 aliphatic heterocycles. The molecule has 0 radical (unpaired) electrons. The zero-order valence-electron chi connectivity index (χ0n) is 10.5. The minimum absolute atomic E-state index is 0.0618. The zero-order valence-corrected chi connectivity index (χ0v) is 10.5. The van der Waals surface area contributed by atoms with Gasteiger partial charge in [-0.05, 0) is 17.5 Å². The van der Waals surface area contributed by atoms with Crippen LogP contribution in [0.5, 0.6) is 0 Å². The second kappa shape index (κ2) is 7.20. The average Bonchev–Trinajstić information content (AvgIpc) is 2.49. The van der Waals surface area contributed by atoms with Gasteiger partial charge in [0.25, 0.3) is 0 Å². The summed E-state index contributed by atoms with van der Waals surface area (Å²) in [6, 6.07) is 0.793. The molecule has 0 heterocycles. The van der Waals surface area contributed by atoms with Gasteiger partial charge in [-0.1, -0.05) is 8.96 Å². The van der Waals surface area contributed by atoms with Crippen molar-refractivity contribution in [2.24, 2.45) is 0 Å². The van der Waals surface area contributed by atoms with E-state index in [9.17, 15) is 44.1 Å². The molecule has 0 aliphatic carbocycles. The molecule has 0 aromatic heterocycles. The van der Waals surface area contributed by atoms with Crippen molar-refractivity contribution >= 4 is 5.69 Å². The smallest absolute Gasteiger partial charge is 0.200 e. The van der Waals surface area contributed by atoms with Gasteiger partial charge in [0.2, 0.25) is 5.82 Å². The number of anilines is 1. The van der Waals surface area contributed by atoms with Crippen LogP contribution in [0.4, 0.5) is 49.8 Å². The molecule has 0 amide bonds. The zero-order chi connectivity index (χ0) is 17.9. The Kier molecular flexibility index (Phi) is 5.82. The number of rotatable bonds is 1. The Labute approximate surface area is 121 Å². The Hall–Kier alpha value is -2.46. The van der Waals surface area contributed by atoms with Gasteiger partial charge in [0, 0.05) is 6.07 Å². The van der Waals surface area contributed by atoms with Gasteiger partial charge in [-0.2, -0.15) is 0 Å². The molecule has 0 spiro atoms. The first-order valence-corrected chi connectivity index (χ1v) is 5.31. The normalized spacial score (nSPS) is 10.2. The van der Waals surface area contributed by atoms with Gasteiger partial charge >= 0.3 is 0 Å². The second-order valence-electron chi connectivity index (χ2n) is 3.71. The van der Waals surface area contributed by atoms with Crippen LogP contribution in [0.2, 0.25) is 0 Å². The SMILES string of the molecule is Fc1cc(F)c(F)c(F)c1F.Fc1ccc(N(F)F)c(F)c1F. The molecule has 2 aromatic rings. The monoisotopic (exact) mass is 351 g/mol. The Morgan fingerprint density at radius 1 is 0.522 bits per heavy atom. The van der Waals surface area contributed by atoms with Crippen molar-refractivity contribution in [3.63, 3.8) is 0 Å². The predicted molar refractivity (Wildman–Crippen MR) is 57.2 cm³/mol. The number of nitrogens with zero attached hydrogens (tertiary/aromatic N) is 1. The quantitative estimate of drug-likeness (QED) is 0.300. The van der Waals surface area contributed by atoms with Crippen LogP contribution in [-0.4, -0.2) is 0 Å². The van der Waals surface area contributed by atoms with Crippen molar-refractivity contribution < 1.29 is 44.1 Å². The fourth-order valence-corrected chi connectivity index (χ4v) is 1.19. The van der Waals surface area contributed by atoms with E-state index in [0.29, 0.717) is 12.1 Å².